The summed E-state index contributed by atoms with van der Waals surface area (Å²) < 4.78 is 32.1. The summed E-state index contributed by atoms with van der Waals surface area (Å²) in [6.07, 6.45) is 5.68. The molecule has 2 heterocycles. The number of carbonyl (C=O) groups is 1. The molecular formula is C37H43FN2O6. The zero-order chi connectivity index (χ0) is 33.4. The molecule has 1 aliphatic carbocycles. The van der Waals surface area contributed by atoms with Crippen molar-refractivity contribution < 1.29 is 28.3 Å². The van der Waals surface area contributed by atoms with Gasteiger partial charge in [0.2, 0.25) is 0 Å². The molecule has 0 bridgehead atoms. The molecule has 5 rings (SSSR count). The quantitative estimate of drug-likeness (QED) is 0.147. The van der Waals surface area contributed by atoms with E-state index < -0.39 is 17.5 Å². The molecule has 0 amide bonds. The molecule has 1 aliphatic heterocycles. The Labute approximate surface area is 270 Å². The summed E-state index contributed by atoms with van der Waals surface area (Å²) in [5, 5.41) is 11.6. The zero-order valence-corrected chi connectivity index (χ0v) is 27.7. The monoisotopic (exact) mass is 630 g/mol. The Morgan fingerprint density at radius 2 is 1.85 bits per heavy atom. The van der Waals surface area contributed by atoms with Gasteiger partial charge in [-0.25, -0.2) is 4.39 Å². The zero-order valence-electron chi connectivity index (χ0n) is 27.7. The van der Waals surface area contributed by atoms with Crippen LogP contribution in [-0.2, 0) is 38.3 Å². The molecule has 2 aromatic carbocycles. The van der Waals surface area contributed by atoms with Crippen LogP contribution >= 0.6 is 0 Å². The topological polar surface area (TPSA) is 101 Å². The number of non-ortho nitro benzene ring substituents is 1. The second kappa shape index (κ2) is 13.0. The van der Waals surface area contributed by atoms with Gasteiger partial charge in [0.25, 0.3) is 5.69 Å². The van der Waals surface area contributed by atoms with Crippen LogP contribution in [0.25, 0.3) is 17.2 Å². The number of fused-ring (bicyclic) bond motifs is 2. The summed E-state index contributed by atoms with van der Waals surface area (Å²) in [6.45, 7) is 13.4. The average molecular weight is 631 g/mol. The van der Waals surface area contributed by atoms with E-state index in [0.717, 1.165) is 44.8 Å². The van der Waals surface area contributed by atoms with Crippen LogP contribution in [-0.4, -0.2) is 39.5 Å². The van der Waals surface area contributed by atoms with Crippen molar-refractivity contribution in [1.82, 2.24) is 4.98 Å². The molecule has 2 atom stereocenters. The van der Waals surface area contributed by atoms with Gasteiger partial charge < -0.3 is 14.2 Å². The van der Waals surface area contributed by atoms with E-state index in [1.165, 1.54) is 12.1 Å². The number of hydrogen-bond acceptors (Lipinski definition) is 7. The maximum atomic E-state index is 14.2. The lowest BCUT2D eigenvalue weighted by Crippen LogP contribution is -2.45. The van der Waals surface area contributed by atoms with Crippen molar-refractivity contribution in [2.24, 2.45) is 0 Å². The van der Waals surface area contributed by atoms with Gasteiger partial charge in [-0.15, -0.1) is 0 Å². The maximum Gasteiger partial charge on any atom is 0.308 e. The molecule has 244 valence electrons. The van der Waals surface area contributed by atoms with Gasteiger partial charge in [0.05, 0.1) is 29.2 Å². The molecule has 1 saturated heterocycles. The first-order valence-corrected chi connectivity index (χ1v) is 15.9. The molecule has 9 heteroatoms. The average Bonchev–Trinajstić information content (AvgIpc) is 3.12. The highest BCUT2D eigenvalue weighted by atomic mass is 19.1. The molecular weight excluding hydrogens is 587 g/mol. The molecule has 8 nitrogen and oxygen atoms in total. The van der Waals surface area contributed by atoms with Crippen LogP contribution in [0.5, 0.6) is 0 Å². The lowest BCUT2D eigenvalue weighted by atomic mass is 9.86. The summed E-state index contributed by atoms with van der Waals surface area (Å²) in [6, 6.07) is 11.5. The van der Waals surface area contributed by atoms with Gasteiger partial charge in [0.1, 0.15) is 11.4 Å². The summed E-state index contributed by atoms with van der Waals surface area (Å²) in [5.74, 6) is -1.51. The first-order valence-electron chi connectivity index (χ1n) is 15.9. The lowest BCUT2D eigenvalue weighted by molar-refractivity contribution is -0.384. The van der Waals surface area contributed by atoms with Gasteiger partial charge in [-0.05, 0) is 93.3 Å². The highest BCUT2D eigenvalue weighted by Crippen LogP contribution is 2.40. The fourth-order valence-electron chi connectivity index (χ4n) is 6.40. The molecule has 2 aliphatic rings. The number of rotatable bonds is 7. The third-order valence-electron chi connectivity index (χ3n) is 8.20. The third kappa shape index (κ3) is 7.88. The van der Waals surface area contributed by atoms with E-state index >= 15 is 0 Å². The molecule has 3 aromatic rings. The third-order valence-corrected chi connectivity index (χ3v) is 8.20. The highest BCUT2D eigenvalue weighted by Gasteiger charge is 2.36. The van der Waals surface area contributed by atoms with Crippen LogP contribution < -0.4 is 0 Å². The molecule has 1 fully saturated rings. The van der Waals surface area contributed by atoms with E-state index in [-0.39, 0.29) is 40.8 Å². The van der Waals surface area contributed by atoms with E-state index in [9.17, 15) is 19.3 Å². The van der Waals surface area contributed by atoms with Gasteiger partial charge in [-0.1, -0.05) is 44.2 Å². The van der Waals surface area contributed by atoms with Crippen molar-refractivity contribution in [3.63, 3.8) is 0 Å². The number of hydrogen-bond donors (Lipinski definition) is 0. The predicted molar refractivity (Wildman–Crippen MR) is 175 cm³/mol. The minimum atomic E-state index is -0.926. The van der Waals surface area contributed by atoms with Gasteiger partial charge in [0.15, 0.2) is 5.79 Å². The highest BCUT2D eigenvalue weighted by molar-refractivity contribution is 5.81. The number of carbonyl (C=O) groups excluding carboxylic acids is 1. The van der Waals surface area contributed by atoms with Crippen molar-refractivity contribution in [3.8, 4) is 11.1 Å². The SMILES string of the molecule is CC(C)c1nc2c(c(-c3ccc(F)cc3)c1C=C[C@@H]1C[C@H](CC(=O)OC(C)(C)C)OC(C)(C)O1)Cc1cc([N+](=O)[O-])ccc1CC2. The Hall–Kier alpha value is -3.95. The fraction of sp³-hybridized carbons (Fsp3) is 0.459. The van der Waals surface area contributed by atoms with Crippen molar-refractivity contribution in [2.75, 3.05) is 0 Å². The van der Waals surface area contributed by atoms with Crippen LogP contribution in [0.1, 0.15) is 101 Å². The number of aromatic nitrogens is 1. The summed E-state index contributed by atoms with van der Waals surface area (Å²) in [5.41, 5.74) is 6.91. The van der Waals surface area contributed by atoms with Crippen molar-refractivity contribution >= 4 is 17.7 Å². The van der Waals surface area contributed by atoms with Gasteiger partial charge >= 0.3 is 5.97 Å². The van der Waals surface area contributed by atoms with Gasteiger partial charge in [-0.3, -0.25) is 19.9 Å². The number of nitrogens with zero attached hydrogens (tertiary/aromatic N) is 2. The number of esters is 1. The van der Waals surface area contributed by atoms with E-state index in [0.29, 0.717) is 25.7 Å². The van der Waals surface area contributed by atoms with E-state index in [1.807, 2.05) is 52.8 Å². The molecule has 46 heavy (non-hydrogen) atoms. The second-order valence-corrected chi connectivity index (χ2v) is 13.9. The van der Waals surface area contributed by atoms with E-state index in [2.05, 4.69) is 13.8 Å². The molecule has 0 spiro atoms. The number of nitro groups is 1. The van der Waals surface area contributed by atoms with Crippen LogP contribution in [0.2, 0.25) is 0 Å². The Morgan fingerprint density at radius 3 is 2.50 bits per heavy atom. The molecule has 1 aromatic heterocycles. The van der Waals surface area contributed by atoms with Crippen LogP contribution in [0.4, 0.5) is 10.1 Å². The minimum absolute atomic E-state index is 0.0534. The van der Waals surface area contributed by atoms with Crippen molar-refractivity contribution in [2.45, 2.75) is 110 Å². The van der Waals surface area contributed by atoms with E-state index in [1.54, 1.807) is 24.3 Å². The van der Waals surface area contributed by atoms with Crippen molar-refractivity contribution in [1.29, 1.82) is 0 Å². The van der Waals surface area contributed by atoms with E-state index in [4.69, 9.17) is 19.2 Å². The van der Waals surface area contributed by atoms with Crippen LogP contribution in [0.3, 0.4) is 0 Å². The minimum Gasteiger partial charge on any atom is -0.460 e. The summed E-state index contributed by atoms with van der Waals surface area (Å²) in [7, 11) is 0. The van der Waals surface area contributed by atoms with Crippen LogP contribution in [0, 0.1) is 15.9 Å². The molecule has 0 radical (unpaired) electrons. The first kappa shape index (κ1) is 33.4. The fourth-order valence-corrected chi connectivity index (χ4v) is 6.40. The van der Waals surface area contributed by atoms with Crippen LogP contribution in [0.15, 0.2) is 48.5 Å². The number of nitro benzene ring substituents is 1. The lowest BCUT2D eigenvalue weighted by Gasteiger charge is -2.39. The molecule has 0 N–H and O–H groups in total. The Kier molecular flexibility index (Phi) is 9.47. The Morgan fingerprint density at radius 1 is 1.13 bits per heavy atom. The Bertz CT molecular complexity index is 1660. The standard InChI is InChI=1S/C37H43FN2O6/c1-22(2)35-30(16-15-28-20-29(45-37(6,7)44-28)21-33(41)46-36(3,4)5)34(24-8-12-26(38)13-9-24)31-19-25-18-27(40(42)43)14-10-23(25)11-17-32(31)39-35/h8-10,12-16,18,22,28-29H,11,17,19-21H2,1-7H3/t28-,29-/m1/s1. The largest absolute Gasteiger partial charge is 0.460 e. The predicted octanol–water partition coefficient (Wildman–Crippen LogP) is 8.26. The van der Waals surface area contributed by atoms with Gasteiger partial charge in [-0.2, -0.15) is 0 Å². The summed E-state index contributed by atoms with van der Waals surface area (Å²) in [4.78, 5) is 29.1. The summed E-state index contributed by atoms with van der Waals surface area (Å²) >= 11 is 0. The first-order chi connectivity index (χ1) is 21.6. The number of aryl methyl sites for hydroxylation is 2. The smallest absolute Gasteiger partial charge is 0.308 e. The maximum absolute atomic E-state index is 14.2. The number of ether oxygens (including phenoxy) is 3. The van der Waals surface area contributed by atoms with Crippen molar-refractivity contribution in [3.05, 3.63) is 98.1 Å². The number of benzene rings is 2. The molecule has 0 unspecified atom stereocenters. The number of halogens is 1. The number of pyridine rings is 1. The normalized spacial score (nSPS) is 19.4. The van der Waals surface area contributed by atoms with Gasteiger partial charge in [0, 0.05) is 36.2 Å². The second-order valence-electron chi connectivity index (χ2n) is 13.9. The Balaban J connectivity index is 1.59. The molecule has 0 saturated carbocycles.